The second-order valence-corrected chi connectivity index (χ2v) is 7.70. The largest absolute Gasteiger partial charge is 0.342 e. The van der Waals surface area contributed by atoms with Crippen LogP contribution in [0.4, 0.5) is 0 Å². The number of nitrogens with one attached hydrogen (secondary N) is 1. The van der Waals surface area contributed by atoms with Gasteiger partial charge in [0.15, 0.2) is 0 Å². The number of thiophene rings is 1. The fourth-order valence-electron chi connectivity index (χ4n) is 3.19. The highest BCUT2D eigenvalue weighted by molar-refractivity contribution is 7.16. The number of benzene rings is 1. The van der Waals surface area contributed by atoms with Crippen molar-refractivity contribution in [1.29, 1.82) is 0 Å². The summed E-state index contributed by atoms with van der Waals surface area (Å²) in [5.74, 6) is 1.70. The van der Waals surface area contributed by atoms with Crippen molar-refractivity contribution in [3.8, 4) is 0 Å². The first-order chi connectivity index (χ1) is 10.8. The van der Waals surface area contributed by atoms with Gasteiger partial charge in [-0.3, -0.25) is 4.90 Å². The van der Waals surface area contributed by atoms with Gasteiger partial charge < -0.3 is 4.98 Å². The number of H-pyrrole nitrogens is 1. The molecule has 0 spiro atoms. The lowest BCUT2D eigenvalue weighted by Crippen LogP contribution is -2.32. The van der Waals surface area contributed by atoms with Crippen LogP contribution in [-0.4, -0.2) is 28.0 Å². The third-order valence-corrected chi connectivity index (χ3v) is 5.61. The number of imidazole rings is 1. The second-order valence-electron chi connectivity index (χ2n) is 5.90. The van der Waals surface area contributed by atoms with Crippen molar-refractivity contribution in [2.75, 3.05) is 13.1 Å². The third-order valence-electron chi connectivity index (χ3n) is 4.39. The van der Waals surface area contributed by atoms with Crippen molar-refractivity contribution in [3.63, 3.8) is 0 Å². The number of hydrogen-bond donors (Lipinski definition) is 1. The summed E-state index contributed by atoms with van der Waals surface area (Å²) in [7, 11) is 0. The maximum absolute atomic E-state index is 6.01. The molecule has 3 heterocycles. The van der Waals surface area contributed by atoms with E-state index < -0.39 is 0 Å². The highest BCUT2D eigenvalue weighted by Crippen LogP contribution is 2.29. The van der Waals surface area contributed by atoms with Gasteiger partial charge in [-0.05, 0) is 50.2 Å². The van der Waals surface area contributed by atoms with Crippen LogP contribution in [0.1, 0.15) is 29.5 Å². The molecule has 0 atom stereocenters. The minimum absolute atomic E-state index is 0.551. The lowest BCUT2D eigenvalue weighted by atomic mass is 9.96. The number of aromatic nitrogens is 2. The van der Waals surface area contributed by atoms with Crippen molar-refractivity contribution in [3.05, 3.63) is 51.4 Å². The van der Waals surface area contributed by atoms with E-state index in [0.717, 1.165) is 40.8 Å². The number of halogens is 1. The molecule has 0 bridgehead atoms. The average molecular weight is 332 g/mol. The molecule has 5 heteroatoms. The van der Waals surface area contributed by atoms with E-state index in [0.29, 0.717) is 5.92 Å². The Hall–Kier alpha value is -1.36. The van der Waals surface area contributed by atoms with Crippen LogP contribution in [0.25, 0.3) is 11.0 Å². The summed E-state index contributed by atoms with van der Waals surface area (Å²) in [4.78, 5) is 12.1. The number of hydrogen-bond acceptors (Lipinski definition) is 3. The molecular weight excluding hydrogens is 314 g/mol. The molecular formula is C17H18ClN3S. The van der Waals surface area contributed by atoms with E-state index in [1.54, 1.807) is 11.3 Å². The lowest BCUT2D eigenvalue weighted by molar-refractivity contribution is 0.204. The maximum atomic E-state index is 6.01. The van der Waals surface area contributed by atoms with Gasteiger partial charge in [0.05, 0.1) is 15.4 Å². The Bertz CT molecular complexity index is 738. The first-order valence-corrected chi connectivity index (χ1v) is 8.88. The summed E-state index contributed by atoms with van der Waals surface area (Å²) >= 11 is 7.69. The van der Waals surface area contributed by atoms with Crippen molar-refractivity contribution in [2.45, 2.75) is 25.3 Å². The standard InChI is InChI=1S/C17H18ClN3S/c18-16-6-5-13(22-16)11-21-9-7-12(8-10-21)17-19-14-3-1-2-4-15(14)20-17/h1-6,12H,7-11H2,(H,19,20). The van der Waals surface area contributed by atoms with Crippen LogP contribution in [0.3, 0.4) is 0 Å². The Morgan fingerprint density at radius 2 is 2.00 bits per heavy atom. The molecule has 3 aromatic rings. The zero-order valence-corrected chi connectivity index (χ0v) is 13.8. The van der Waals surface area contributed by atoms with Crippen LogP contribution in [0.5, 0.6) is 0 Å². The van der Waals surface area contributed by atoms with Crippen LogP contribution in [0.2, 0.25) is 4.34 Å². The molecule has 0 amide bonds. The summed E-state index contributed by atoms with van der Waals surface area (Å²) in [5.41, 5.74) is 2.22. The van der Waals surface area contributed by atoms with E-state index in [-0.39, 0.29) is 0 Å². The van der Waals surface area contributed by atoms with Gasteiger partial charge in [0, 0.05) is 17.3 Å². The molecule has 22 heavy (non-hydrogen) atoms. The number of nitrogens with zero attached hydrogens (tertiary/aromatic N) is 2. The minimum atomic E-state index is 0.551. The molecule has 1 aliphatic rings. The molecule has 0 unspecified atom stereocenters. The number of aromatic amines is 1. The minimum Gasteiger partial charge on any atom is -0.342 e. The number of likely N-dealkylation sites (tertiary alicyclic amines) is 1. The molecule has 114 valence electrons. The van der Waals surface area contributed by atoms with E-state index in [1.807, 2.05) is 12.1 Å². The molecule has 1 aromatic carbocycles. The number of fused-ring (bicyclic) bond motifs is 1. The molecule has 0 aliphatic carbocycles. The second kappa shape index (κ2) is 6.03. The van der Waals surface area contributed by atoms with Gasteiger partial charge in [-0.2, -0.15) is 0 Å². The van der Waals surface area contributed by atoms with Crippen molar-refractivity contribution < 1.29 is 0 Å². The molecule has 4 rings (SSSR count). The van der Waals surface area contributed by atoms with Crippen molar-refractivity contribution in [1.82, 2.24) is 14.9 Å². The predicted molar refractivity (Wildman–Crippen MR) is 92.7 cm³/mol. The summed E-state index contributed by atoms with van der Waals surface area (Å²) in [6, 6.07) is 12.4. The summed E-state index contributed by atoms with van der Waals surface area (Å²) in [6.45, 7) is 3.26. The molecule has 2 aromatic heterocycles. The number of para-hydroxylation sites is 2. The van der Waals surface area contributed by atoms with E-state index in [9.17, 15) is 0 Å². The van der Waals surface area contributed by atoms with Gasteiger partial charge >= 0.3 is 0 Å². The van der Waals surface area contributed by atoms with Gasteiger partial charge in [0.25, 0.3) is 0 Å². The first-order valence-electron chi connectivity index (χ1n) is 7.69. The molecule has 1 N–H and O–H groups in total. The van der Waals surface area contributed by atoms with E-state index >= 15 is 0 Å². The van der Waals surface area contributed by atoms with Crippen molar-refractivity contribution >= 4 is 34.0 Å². The quantitative estimate of drug-likeness (QED) is 0.757. The van der Waals surface area contributed by atoms with E-state index in [1.165, 1.54) is 17.7 Å². The monoisotopic (exact) mass is 331 g/mol. The summed E-state index contributed by atoms with van der Waals surface area (Å²) in [6.07, 6.45) is 2.33. The van der Waals surface area contributed by atoms with E-state index in [4.69, 9.17) is 16.6 Å². The first kappa shape index (κ1) is 14.2. The van der Waals surface area contributed by atoms with Crippen LogP contribution >= 0.6 is 22.9 Å². The van der Waals surface area contributed by atoms with Gasteiger partial charge in [0.2, 0.25) is 0 Å². The third kappa shape index (κ3) is 2.91. The Kier molecular flexibility index (Phi) is 3.90. The molecule has 0 saturated carbocycles. The molecule has 0 radical (unpaired) electrons. The Morgan fingerprint density at radius 3 is 2.73 bits per heavy atom. The molecule has 1 saturated heterocycles. The van der Waals surface area contributed by atoms with Crippen LogP contribution in [0, 0.1) is 0 Å². The fourth-order valence-corrected chi connectivity index (χ4v) is 4.32. The highest BCUT2D eigenvalue weighted by Gasteiger charge is 2.23. The smallest absolute Gasteiger partial charge is 0.110 e. The Labute approximate surface area is 138 Å². The van der Waals surface area contributed by atoms with Crippen LogP contribution in [0.15, 0.2) is 36.4 Å². The maximum Gasteiger partial charge on any atom is 0.110 e. The van der Waals surface area contributed by atoms with E-state index in [2.05, 4.69) is 34.1 Å². The van der Waals surface area contributed by atoms with Crippen LogP contribution in [-0.2, 0) is 6.54 Å². The van der Waals surface area contributed by atoms with Gasteiger partial charge in [0.1, 0.15) is 5.82 Å². The molecule has 1 aliphatic heterocycles. The normalized spacial score (nSPS) is 17.3. The van der Waals surface area contributed by atoms with Crippen LogP contribution < -0.4 is 0 Å². The zero-order valence-electron chi connectivity index (χ0n) is 12.3. The molecule has 3 nitrogen and oxygen atoms in total. The van der Waals surface area contributed by atoms with Gasteiger partial charge in [-0.25, -0.2) is 4.98 Å². The fraction of sp³-hybridized carbons (Fsp3) is 0.353. The zero-order chi connectivity index (χ0) is 14.9. The topological polar surface area (TPSA) is 31.9 Å². The molecule has 1 fully saturated rings. The number of piperidine rings is 1. The summed E-state index contributed by atoms with van der Waals surface area (Å²) in [5, 5.41) is 0. The average Bonchev–Trinajstić information content (AvgIpc) is 3.14. The Balaban J connectivity index is 1.40. The van der Waals surface area contributed by atoms with Gasteiger partial charge in [-0.1, -0.05) is 23.7 Å². The number of rotatable bonds is 3. The highest BCUT2D eigenvalue weighted by atomic mass is 35.5. The van der Waals surface area contributed by atoms with Crippen molar-refractivity contribution in [2.24, 2.45) is 0 Å². The Morgan fingerprint density at radius 1 is 1.18 bits per heavy atom. The lowest BCUT2D eigenvalue weighted by Gasteiger charge is -2.30. The van der Waals surface area contributed by atoms with Gasteiger partial charge in [-0.15, -0.1) is 11.3 Å². The predicted octanol–water partition coefficient (Wildman–Crippen LogP) is 4.66. The summed E-state index contributed by atoms with van der Waals surface area (Å²) < 4.78 is 0.882. The SMILES string of the molecule is Clc1ccc(CN2CCC(c3nc4ccccc4[nH]3)CC2)s1.